The maximum absolute atomic E-state index is 12.8. The maximum atomic E-state index is 12.8. The summed E-state index contributed by atoms with van der Waals surface area (Å²) in [6, 6.07) is 13.5. The topological polar surface area (TPSA) is 60.1 Å². The molecule has 0 bridgehead atoms. The number of rotatable bonds is 5. The average Bonchev–Trinajstić information content (AvgIpc) is 3.22. The Labute approximate surface area is 168 Å². The molecule has 0 fully saturated rings. The molecule has 28 heavy (non-hydrogen) atoms. The zero-order valence-electron chi connectivity index (χ0n) is 16.1. The number of aromatic nitrogens is 2. The van der Waals surface area contributed by atoms with Crippen LogP contribution in [0, 0.1) is 12.8 Å². The second kappa shape index (κ2) is 7.32. The van der Waals surface area contributed by atoms with Gasteiger partial charge in [0.1, 0.15) is 11.6 Å². The van der Waals surface area contributed by atoms with Crippen LogP contribution in [0.1, 0.15) is 25.4 Å². The predicted molar refractivity (Wildman–Crippen MR) is 113 cm³/mol. The molecule has 0 saturated carbocycles. The van der Waals surface area contributed by atoms with E-state index in [4.69, 9.17) is 16.0 Å². The highest BCUT2D eigenvalue weighted by Gasteiger charge is 2.18. The first kappa shape index (κ1) is 18.6. The summed E-state index contributed by atoms with van der Waals surface area (Å²) < 4.78 is 7.72. The Hall–Kier alpha value is -2.79. The largest absolute Gasteiger partial charge is 0.460 e. The van der Waals surface area contributed by atoms with Crippen molar-refractivity contribution in [3.05, 3.63) is 59.1 Å². The van der Waals surface area contributed by atoms with Gasteiger partial charge in [0.15, 0.2) is 5.58 Å². The van der Waals surface area contributed by atoms with Crippen molar-refractivity contribution in [3.8, 4) is 0 Å². The predicted octanol–water partition coefficient (Wildman–Crippen LogP) is 5.58. The van der Waals surface area contributed by atoms with Crippen molar-refractivity contribution < 1.29 is 9.21 Å². The Balaban J connectivity index is 1.56. The molecule has 1 N–H and O–H groups in total. The van der Waals surface area contributed by atoms with Crippen LogP contribution in [-0.2, 0) is 17.8 Å². The molecule has 0 unspecified atom stereocenters. The number of aryl methyl sites for hydroxylation is 2. The van der Waals surface area contributed by atoms with Crippen molar-refractivity contribution in [3.63, 3.8) is 0 Å². The molecule has 6 heteroatoms. The van der Waals surface area contributed by atoms with Gasteiger partial charge in [-0.25, -0.2) is 4.98 Å². The first-order valence-electron chi connectivity index (χ1n) is 9.41. The van der Waals surface area contributed by atoms with Crippen molar-refractivity contribution in [2.45, 2.75) is 33.7 Å². The Morgan fingerprint density at radius 1 is 1.29 bits per heavy atom. The lowest BCUT2D eigenvalue weighted by Crippen LogP contribution is -2.25. The Kier molecular flexibility index (Phi) is 4.85. The first-order valence-corrected chi connectivity index (χ1v) is 9.78. The number of halogens is 1. The fourth-order valence-corrected chi connectivity index (χ4v) is 3.80. The van der Waals surface area contributed by atoms with Crippen LogP contribution in [0.5, 0.6) is 0 Å². The molecule has 1 amide bonds. The smallest absolute Gasteiger partial charge is 0.229 e. The molecule has 144 valence electrons. The van der Waals surface area contributed by atoms with E-state index in [9.17, 15) is 4.79 Å². The summed E-state index contributed by atoms with van der Waals surface area (Å²) in [5.41, 5.74) is 3.32. The number of anilines is 1. The van der Waals surface area contributed by atoms with Gasteiger partial charge in [0.25, 0.3) is 0 Å². The van der Waals surface area contributed by atoms with E-state index in [-0.39, 0.29) is 11.8 Å². The third-order valence-corrected chi connectivity index (χ3v) is 5.20. The molecule has 2 heterocycles. The molecule has 5 nitrogen and oxygen atoms in total. The molecular formula is C22H22ClN3O2. The summed E-state index contributed by atoms with van der Waals surface area (Å²) in [5.74, 6) is 1.48. The summed E-state index contributed by atoms with van der Waals surface area (Å²) in [4.78, 5) is 17.5. The Morgan fingerprint density at radius 2 is 2.07 bits per heavy atom. The molecular weight excluding hydrogens is 374 g/mol. The molecule has 2 aromatic heterocycles. The van der Waals surface area contributed by atoms with Crippen molar-refractivity contribution in [1.82, 2.24) is 9.55 Å². The monoisotopic (exact) mass is 395 g/mol. The lowest BCUT2D eigenvalue weighted by molar-refractivity contribution is -0.119. The normalized spacial score (nSPS) is 12.6. The summed E-state index contributed by atoms with van der Waals surface area (Å²) in [7, 11) is 0. The minimum Gasteiger partial charge on any atom is -0.460 e. The van der Waals surface area contributed by atoms with E-state index in [2.05, 4.69) is 21.8 Å². The number of fused-ring (bicyclic) bond motifs is 2. The van der Waals surface area contributed by atoms with Gasteiger partial charge >= 0.3 is 0 Å². The number of furan rings is 1. The van der Waals surface area contributed by atoms with E-state index in [1.165, 1.54) is 0 Å². The second-order valence-electron chi connectivity index (χ2n) is 7.10. The van der Waals surface area contributed by atoms with Crippen LogP contribution in [0.3, 0.4) is 0 Å². The summed E-state index contributed by atoms with van der Waals surface area (Å²) in [5, 5.41) is 4.35. The zero-order valence-corrected chi connectivity index (χ0v) is 16.9. The van der Waals surface area contributed by atoms with Gasteiger partial charge in [-0.3, -0.25) is 4.79 Å². The molecule has 2 aromatic carbocycles. The molecule has 0 saturated heterocycles. The summed E-state index contributed by atoms with van der Waals surface area (Å²) >= 11 is 6.30. The molecule has 4 aromatic rings. The second-order valence-corrected chi connectivity index (χ2v) is 7.51. The fourth-order valence-electron chi connectivity index (χ4n) is 3.53. The lowest BCUT2D eigenvalue weighted by atomic mass is 10.1. The van der Waals surface area contributed by atoms with Crippen LogP contribution in [0.15, 0.2) is 46.9 Å². The van der Waals surface area contributed by atoms with E-state index in [0.717, 1.165) is 34.4 Å². The zero-order chi connectivity index (χ0) is 19.8. The van der Waals surface area contributed by atoms with E-state index in [1.807, 2.05) is 50.2 Å². The number of nitrogens with one attached hydrogen (secondary N) is 1. The van der Waals surface area contributed by atoms with Crippen LogP contribution >= 0.6 is 11.6 Å². The van der Waals surface area contributed by atoms with Gasteiger partial charge in [-0.2, -0.15) is 0 Å². The molecule has 0 aliphatic heterocycles. The van der Waals surface area contributed by atoms with Gasteiger partial charge in [-0.15, -0.1) is 0 Å². The number of hydrogen-bond acceptors (Lipinski definition) is 3. The van der Waals surface area contributed by atoms with Gasteiger partial charge in [-0.1, -0.05) is 37.6 Å². The molecule has 0 spiro atoms. The third-order valence-electron chi connectivity index (χ3n) is 4.92. The van der Waals surface area contributed by atoms with Crippen molar-refractivity contribution >= 4 is 45.2 Å². The molecule has 1 atom stereocenters. The standard InChI is InChI=1S/C22H22ClN3O2/c1-4-20-25-18-7-5-6-8-19(18)26(20)12-13(2)22(27)24-16-10-15-9-14(3)28-21(15)17(23)11-16/h5-11,13H,4,12H2,1-3H3,(H,24,27)/t13-/m1/s1. The average molecular weight is 396 g/mol. The number of amides is 1. The summed E-state index contributed by atoms with van der Waals surface area (Å²) in [6.45, 7) is 6.44. The lowest BCUT2D eigenvalue weighted by Gasteiger charge is -2.15. The van der Waals surface area contributed by atoms with Crippen LogP contribution < -0.4 is 5.32 Å². The number of benzene rings is 2. The van der Waals surface area contributed by atoms with Crippen molar-refractivity contribution in [2.24, 2.45) is 5.92 Å². The minimum absolute atomic E-state index is 0.0598. The van der Waals surface area contributed by atoms with Gasteiger partial charge in [0.05, 0.1) is 22.0 Å². The van der Waals surface area contributed by atoms with Gasteiger partial charge in [0, 0.05) is 24.0 Å². The van der Waals surface area contributed by atoms with Gasteiger partial charge in [-0.05, 0) is 37.3 Å². The van der Waals surface area contributed by atoms with E-state index >= 15 is 0 Å². The number of imidazole rings is 1. The van der Waals surface area contributed by atoms with Crippen molar-refractivity contribution in [2.75, 3.05) is 5.32 Å². The maximum Gasteiger partial charge on any atom is 0.229 e. The van der Waals surface area contributed by atoms with Gasteiger partial charge in [0.2, 0.25) is 5.91 Å². The fraction of sp³-hybridized carbons (Fsp3) is 0.273. The Bertz CT molecular complexity index is 1180. The van der Waals surface area contributed by atoms with E-state index in [0.29, 0.717) is 22.8 Å². The Morgan fingerprint density at radius 3 is 2.86 bits per heavy atom. The van der Waals surface area contributed by atoms with Crippen LogP contribution in [0.25, 0.3) is 22.0 Å². The third kappa shape index (κ3) is 3.38. The number of hydrogen-bond donors (Lipinski definition) is 1. The first-order chi connectivity index (χ1) is 13.5. The highest BCUT2D eigenvalue weighted by Crippen LogP contribution is 2.30. The quantitative estimate of drug-likeness (QED) is 0.479. The number of para-hydroxylation sites is 2. The van der Waals surface area contributed by atoms with Crippen LogP contribution in [0.4, 0.5) is 5.69 Å². The number of nitrogens with zero attached hydrogens (tertiary/aromatic N) is 2. The highest BCUT2D eigenvalue weighted by atomic mass is 35.5. The molecule has 0 aliphatic rings. The van der Waals surface area contributed by atoms with Crippen LogP contribution in [-0.4, -0.2) is 15.5 Å². The van der Waals surface area contributed by atoms with E-state index in [1.54, 1.807) is 6.07 Å². The van der Waals surface area contributed by atoms with E-state index < -0.39 is 0 Å². The van der Waals surface area contributed by atoms with Crippen LogP contribution in [0.2, 0.25) is 5.02 Å². The van der Waals surface area contributed by atoms with Crippen molar-refractivity contribution in [1.29, 1.82) is 0 Å². The molecule has 4 rings (SSSR count). The molecule has 0 radical (unpaired) electrons. The highest BCUT2D eigenvalue weighted by molar-refractivity contribution is 6.35. The minimum atomic E-state index is -0.233. The molecule has 0 aliphatic carbocycles. The number of carbonyl (C=O) groups is 1. The summed E-state index contributed by atoms with van der Waals surface area (Å²) in [6.07, 6.45) is 0.815. The SMILES string of the molecule is CCc1nc2ccccc2n1C[C@@H](C)C(=O)Nc1cc(Cl)c2oc(C)cc2c1. The van der Waals surface area contributed by atoms with Gasteiger partial charge < -0.3 is 14.3 Å². The number of carbonyl (C=O) groups excluding carboxylic acids is 1.